The second-order valence-corrected chi connectivity index (χ2v) is 8.19. The van der Waals surface area contributed by atoms with E-state index in [-0.39, 0.29) is 0 Å². The van der Waals surface area contributed by atoms with Gasteiger partial charge in [0.25, 0.3) is 0 Å². The molecule has 0 radical (unpaired) electrons. The maximum atomic E-state index is 4.42. The fourth-order valence-electron chi connectivity index (χ4n) is 3.94. The van der Waals surface area contributed by atoms with Gasteiger partial charge in [0, 0.05) is 31.7 Å². The van der Waals surface area contributed by atoms with Gasteiger partial charge in [-0.2, -0.15) is 11.8 Å². The molecule has 0 unspecified atom stereocenters. The lowest BCUT2D eigenvalue weighted by Crippen LogP contribution is -2.43. The van der Waals surface area contributed by atoms with Gasteiger partial charge < -0.3 is 4.90 Å². The van der Waals surface area contributed by atoms with Crippen molar-refractivity contribution in [1.82, 2.24) is 19.9 Å². The summed E-state index contributed by atoms with van der Waals surface area (Å²) in [7, 11) is 0. The highest BCUT2D eigenvalue weighted by atomic mass is 32.2. The maximum absolute atomic E-state index is 4.42. The third-order valence-corrected chi connectivity index (χ3v) is 6.41. The van der Waals surface area contributed by atoms with Crippen molar-refractivity contribution < 1.29 is 0 Å². The van der Waals surface area contributed by atoms with Gasteiger partial charge in [0.15, 0.2) is 0 Å². The van der Waals surface area contributed by atoms with Gasteiger partial charge in [0.2, 0.25) is 0 Å². The number of aromatic nitrogens is 3. The van der Waals surface area contributed by atoms with Crippen LogP contribution in [0.25, 0.3) is 0 Å². The van der Waals surface area contributed by atoms with Crippen LogP contribution in [0.4, 0.5) is 0 Å². The number of piperidine rings is 1. The van der Waals surface area contributed by atoms with Crippen LogP contribution in [0.2, 0.25) is 0 Å². The number of hydrogen-bond donors (Lipinski definition) is 0. The molecule has 1 aromatic heterocycles. The molecule has 2 fully saturated rings. The molecular weight excluding hydrogens is 316 g/mol. The summed E-state index contributed by atoms with van der Waals surface area (Å²) < 4.78 is 2.12. The molecule has 0 bridgehead atoms. The predicted molar refractivity (Wildman–Crippen MR) is 99.5 cm³/mol. The van der Waals surface area contributed by atoms with Gasteiger partial charge in [0.1, 0.15) is 0 Å². The summed E-state index contributed by atoms with van der Waals surface area (Å²) in [4.78, 5) is 2.72. The Bertz CT molecular complexity index is 628. The number of likely N-dealkylation sites (tertiary alicyclic amines) is 1. The molecule has 3 heterocycles. The molecule has 2 aliphatic heterocycles. The Morgan fingerprint density at radius 1 is 0.958 bits per heavy atom. The fourth-order valence-corrected chi connectivity index (χ4v) is 5.03. The third-order valence-electron chi connectivity index (χ3n) is 5.37. The number of benzene rings is 1. The molecule has 5 heteroatoms. The average molecular weight is 343 g/mol. The number of rotatable bonds is 4. The molecule has 0 spiro atoms. The summed E-state index contributed by atoms with van der Waals surface area (Å²) in [6, 6.07) is 11.9. The zero-order chi connectivity index (χ0) is 16.2. The molecule has 0 aliphatic carbocycles. The van der Waals surface area contributed by atoms with Gasteiger partial charge in [-0.3, -0.25) is 0 Å². The van der Waals surface area contributed by atoms with Gasteiger partial charge in [-0.1, -0.05) is 35.5 Å². The Labute approximate surface area is 148 Å². The lowest BCUT2D eigenvalue weighted by atomic mass is 10.0. The van der Waals surface area contributed by atoms with Crippen LogP contribution in [0.3, 0.4) is 0 Å². The Kier molecular flexibility index (Phi) is 5.18. The molecule has 4 rings (SSSR count). The number of hydrogen-bond acceptors (Lipinski definition) is 4. The molecule has 0 N–H and O–H groups in total. The van der Waals surface area contributed by atoms with Crippen LogP contribution in [0.15, 0.2) is 36.5 Å². The van der Waals surface area contributed by atoms with Gasteiger partial charge in [-0.15, -0.1) is 5.10 Å². The van der Waals surface area contributed by atoms with E-state index >= 15 is 0 Å². The summed E-state index contributed by atoms with van der Waals surface area (Å²) in [5, 5.41) is 8.81. The monoisotopic (exact) mass is 342 g/mol. The second kappa shape index (κ2) is 7.70. The summed E-state index contributed by atoms with van der Waals surface area (Å²) in [5.41, 5.74) is 2.38. The molecule has 2 aromatic rings. The summed E-state index contributed by atoms with van der Waals surface area (Å²) in [6.45, 7) is 2.43. The first-order valence-corrected chi connectivity index (χ1v) is 10.3. The van der Waals surface area contributed by atoms with Crippen LogP contribution in [0.1, 0.15) is 43.0 Å². The van der Waals surface area contributed by atoms with E-state index in [4.69, 9.17) is 0 Å². The van der Waals surface area contributed by atoms with Crippen LogP contribution >= 0.6 is 11.8 Å². The molecule has 0 atom stereocenters. The van der Waals surface area contributed by atoms with Crippen molar-refractivity contribution in [2.75, 3.05) is 24.6 Å². The lowest BCUT2D eigenvalue weighted by molar-refractivity contribution is 0.123. The van der Waals surface area contributed by atoms with E-state index in [0.29, 0.717) is 6.04 Å². The Morgan fingerprint density at radius 2 is 1.71 bits per heavy atom. The smallest absolute Gasteiger partial charge is 0.0870 e. The molecule has 0 amide bonds. The first-order chi connectivity index (χ1) is 11.9. The quantitative estimate of drug-likeness (QED) is 0.853. The molecule has 128 valence electrons. The Morgan fingerprint density at radius 3 is 2.46 bits per heavy atom. The minimum absolute atomic E-state index is 0.524. The zero-order valence-electron chi connectivity index (χ0n) is 14.2. The summed E-state index contributed by atoms with van der Waals surface area (Å²) in [5.74, 6) is 2.69. The van der Waals surface area contributed by atoms with Crippen molar-refractivity contribution in [1.29, 1.82) is 0 Å². The van der Waals surface area contributed by atoms with Crippen molar-refractivity contribution in [3.63, 3.8) is 0 Å². The Hall–Kier alpha value is -1.33. The second-order valence-electron chi connectivity index (χ2n) is 6.96. The summed E-state index contributed by atoms with van der Waals surface area (Å²) in [6.07, 6.45) is 8.19. The molecule has 24 heavy (non-hydrogen) atoms. The topological polar surface area (TPSA) is 34.0 Å². The van der Waals surface area contributed by atoms with E-state index in [1.807, 2.05) is 0 Å². The van der Waals surface area contributed by atoms with Crippen LogP contribution in [-0.4, -0.2) is 50.5 Å². The average Bonchev–Trinajstić information content (AvgIpc) is 3.12. The molecule has 2 aliphatic rings. The first kappa shape index (κ1) is 16.2. The van der Waals surface area contributed by atoms with E-state index in [2.05, 4.69) is 68.2 Å². The molecule has 0 saturated carbocycles. The van der Waals surface area contributed by atoms with Crippen LogP contribution < -0.4 is 0 Å². The summed E-state index contributed by atoms with van der Waals surface area (Å²) >= 11 is 2.11. The molecule has 1 aromatic carbocycles. The minimum atomic E-state index is 0.524. The molecule has 4 nitrogen and oxygen atoms in total. The maximum Gasteiger partial charge on any atom is 0.0870 e. The van der Waals surface area contributed by atoms with E-state index in [9.17, 15) is 0 Å². The highest BCUT2D eigenvalue weighted by Crippen LogP contribution is 2.28. The highest BCUT2D eigenvalue weighted by Gasteiger charge is 2.27. The predicted octanol–water partition coefficient (Wildman–Crippen LogP) is 3.40. The van der Waals surface area contributed by atoms with Crippen LogP contribution in [0.5, 0.6) is 0 Å². The van der Waals surface area contributed by atoms with Gasteiger partial charge in [0.05, 0.1) is 11.7 Å². The molecule has 2 saturated heterocycles. The van der Waals surface area contributed by atoms with Gasteiger partial charge in [-0.25, -0.2) is 4.68 Å². The molecular formula is C19H26N4S. The highest BCUT2D eigenvalue weighted by molar-refractivity contribution is 7.99. The largest absolute Gasteiger partial charge is 0.300 e. The van der Waals surface area contributed by atoms with E-state index in [1.165, 1.54) is 55.8 Å². The zero-order valence-corrected chi connectivity index (χ0v) is 15.0. The fraction of sp³-hybridized carbons (Fsp3) is 0.579. The Balaban J connectivity index is 1.32. The van der Waals surface area contributed by atoms with Crippen molar-refractivity contribution in [3.8, 4) is 0 Å². The lowest BCUT2D eigenvalue weighted by Gasteiger charge is -2.39. The van der Waals surface area contributed by atoms with Crippen molar-refractivity contribution in [2.45, 2.75) is 44.2 Å². The van der Waals surface area contributed by atoms with E-state index in [1.54, 1.807) is 0 Å². The number of nitrogens with zero attached hydrogens (tertiary/aromatic N) is 4. The van der Waals surface area contributed by atoms with Crippen molar-refractivity contribution >= 4 is 11.8 Å². The van der Waals surface area contributed by atoms with Crippen molar-refractivity contribution in [3.05, 3.63) is 47.8 Å². The van der Waals surface area contributed by atoms with E-state index in [0.717, 1.165) is 18.2 Å². The van der Waals surface area contributed by atoms with Gasteiger partial charge >= 0.3 is 0 Å². The van der Waals surface area contributed by atoms with Crippen LogP contribution in [-0.2, 0) is 6.42 Å². The standard InChI is InChI=1S/C19H26N4S/c1-2-4-16(5-3-1)14-17-15-23(21-20-17)19-6-10-22(11-7-19)18-8-12-24-13-9-18/h1-5,15,18-19H,6-14H2. The third kappa shape index (κ3) is 3.83. The van der Waals surface area contributed by atoms with Crippen LogP contribution in [0, 0.1) is 0 Å². The van der Waals surface area contributed by atoms with Gasteiger partial charge in [-0.05, 0) is 42.8 Å². The number of thioether (sulfide) groups is 1. The SMILES string of the molecule is c1ccc(Cc2cn(C3CCN(C4CCSCC4)CC3)nn2)cc1. The first-order valence-electron chi connectivity index (χ1n) is 9.15. The van der Waals surface area contributed by atoms with Crippen molar-refractivity contribution in [2.24, 2.45) is 0 Å². The minimum Gasteiger partial charge on any atom is -0.300 e. The normalized spacial score (nSPS) is 21.2. The van der Waals surface area contributed by atoms with E-state index < -0.39 is 0 Å².